The first-order chi connectivity index (χ1) is 14.8. The Morgan fingerprint density at radius 1 is 0.933 bits per heavy atom. The van der Waals surface area contributed by atoms with Gasteiger partial charge >= 0.3 is 6.09 Å². The molecule has 4 nitrogen and oxygen atoms in total. The van der Waals surface area contributed by atoms with E-state index in [1.807, 2.05) is 60.7 Å². The monoisotopic (exact) mass is 399 g/mol. The molecule has 30 heavy (non-hydrogen) atoms. The number of carbonyl (C=O) groups excluding carboxylic acids is 1. The maximum absolute atomic E-state index is 12.2. The van der Waals surface area contributed by atoms with Gasteiger partial charge in [-0.15, -0.1) is 0 Å². The molecule has 0 saturated carbocycles. The van der Waals surface area contributed by atoms with Crippen LogP contribution < -0.4 is 10.1 Å². The van der Waals surface area contributed by atoms with E-state index in [9.17, 15) is 4.79 Å². The SMILES string of the molecule is COc1ccccc1C=CCCNC(=O)OCC1c2ccccc2-c2ccccc21. The molecule has 4 heteroatoms. The molecule has 1 amide bonds. The van der Waals surface area contributed by atoms with Crippen LogP contribution in [0.25, 0.3) is 17.2 Å². The zero-order valence-electron chi connectivity index (χ0n) is 17.0. The molecule has 0 atom stereocenters. The van der Waals surface area contributed by atoms with Crippen LogP contribution in [0.2, 0.25) is 0 Å². The molecule has 152 valence electrons. The van der Waals surface area contributed by atoms with Gasteiger partial charge in [0.1, 0.15) is 12.4 Å². The lowest BCUT2D eigenvalue weighted by molar-refractivity contribution is 0.143. The predicted molar refractivity (Wildman–Crippen MR) is 120 cm³/mol. The summed E-state index contributed by atoms with van der Waals surface area (Å²) in [5.74, 6) is 0.909. The van der Waals surface area contributed by atoms with Crippen molar-refractivity contribution in [1.29, 1.82) is 0 Å². The average Bonchev–Trinajstić information content (AvgIpc) is 3.11. The van der Waals surface area contributed by atoms with Crippen LogP contribution in [0.3, 0.4) is 0 Å². The number of hydrogen-bond donors (Lipinski definition) is 1. The minimum absolute atomic E-state index is 0.0774. The number of alkyl carbamates (subject to hydrolysis) is 1. The fourth-order valence-electron chi connectivity index (χ4n) is 3.92. The van der Waals surface area contributed by atoms with Gasteiger partial charge in [-0.1, -0.05) is 78.9 Å². The largest absolute Gasteiger partial charge is 0.496 e. The van der Waals surface area contributed by atoms with Gasteiger partial charge in [-0.2, -0.15) is 0 Å². The minimum atomic E-state index is -0.387. The maximum Gasteiger partial charge on any atom is 0.407 e. The minimum Gasteiger partial charge on any atom is -0.496 e. The van der Waals surface area contributed by atoms with Gasteiger partial charge in [0, 0.05) is 18.0 Å². The first kappa shape index (κ1) is 19.8. The van der Waals surface area contributed by atoms with Crippen molar-refractivity contribution < 1.29 is 14.3 Å². The molecular formula is C26H25NO3. The lowest BCUT2D eigenvalue weighted by Gasteiger charge is -2.14. The van der Waals surface area contributed by atoms with Crippen LogP contribution in [-0.2, 0) is 4.74 Å². The summed E-state index contributed by atoms with van der Waals surface area (Å²) in [5.41, 5.74) is 5.89. The number of fused-ring (bicyclic) bond motifs is 3. The number of hydrogen-bond acceptors (Lipinski definition) is 3. The molecule has 4 rings (SSSR count). The zero-order valence-corrected chi connectivity index (χ0v) is 17.0. The highest BCUT2D eigenvalue weighted by Gasteiger charge is 2.28. The van der Waals surface area contributed by atoms with E-state index in [4.69, 9.17) is 9.47 Å². The van der Waals surface area contributed by atoms with Crippen molar-refractivity contribution in [2.45, 2.75) is 12.3 Å². The first-order valence-corrected chi connectivity index (χ1v) is 10.2. The molecule has 0 aromatic heterocycles. The molecule has 3 aromatic rings. The van der Waals surface area contributed by atoms with E-state index in [1.54, 1.807) is 7.11 Å². The zero-order chi connectivity index (χ0) is 20.8. The van der Waals surface area contributed by atoms with E-state index in [1.165, 1.54) is 22.3 Å². The van der Waals surface area contributed by atoms with Gasteiger partial charge in [0.25, 0.3) is 0 Å². The molecule has 0 spiro atoms. The first-order valence-electron chi connectivity index (χ1n) is 10.2. The number of nitrogens with one attached hydrogen (secondary N) is 1. The molecule has 0 radical (unpaired) electrons. The van der Waals surface area contributed by atoms with Crippen LogP contribution in [-0.4, -0.2) is 26.4 Å². The number of para-hydroxylation sites is 1. The van der Waals surface area contributed by atoms with Crippen LogP contribution in [0.5, 0.6) is 5.75 Å². The third-order valence-electron chi connectivity index (χ3n) is 5.36. The Balaban J connectivity index is 1.28. The molecular weight excluding hydrogens is 374 g/mol. The topological polar surface area (TPSA) is 47.6 Å². The Morgan fingerprint density at radius 3 is 2.27 bits per heavy atom. The fraction of sp³-hybridized carbons (Fsp3) is 0.192. The summed E-state index contributed by atoms with van der Waals surface area (Å²) in [6.07, 6.45) is 4.34. The van der Waals surface area contributed by atoms with Crippen LogP contribution in [0.15, 0.2) is 78.9 Å². The molecule has 0 heterocycles. The molecule has 0 saturated heterocycles. The lowest BCUT2D eigenvalue weighted by atomic mass is 9.98. The lowest BCUT2D eigenvalue weighted by Crippen LogP contribution is -2.26. The van der Waals surface area contributed by atoms with Crippen molar-refractivity contribution in [3.05, 3.63) is 95.6 Å². The van der Waals surface area contributed by atoms with Gasteiger partial charge in [0.15, 0.2) is 0 Å². The van der Waals surface area contributed by atoms with Crippen LogP contribution in [0, 0.1) is 0 Å². The summed E-state index contributed by atoms with van der Waals surface area (Å²) in [4.78, 5) is 12.2. The number of carbonyl (C=O) groups is 1. The van der Waals surface area contributed by atoms with Crippen molar-refractivity contribution in [2.24, 2.45) is 0 Å². The molecule has 0 fully saturated rings. The number of methoxy groups -OCH3 is 1. The van der Waals surface area contributed by atoms with Crippen molar-refractivity contribution in [2.75, 3.05) is 20.3 Å². The van der Waals surface area contributed by atoms with Gasteiger partial charge in [-0.25, -0.2) is 4.79 Å². The highest BCUT2D eigenvalue weighted by Crippen LogP contribution is 2.44. The molecule has 0 aliphatic heterocycles. The second-order valence-electron chi connectivity index (χ2n) is 7.19. The summed E-state index contributed by atoms with van der Waals surface area (Å²) in [7, 11) is 1.66. The normalized spacial score (nSPS) is 12.4. The van der Waals surface area contributed by atoms with Crippen LogP contribution in [0.4, 0.5) is 4.79 Å². The van der Waals surface area contributed by atoms with Crippen molar-refractivity contribution in [3.63, 3.8) is 0 Å². The Morgan fingerprint density at radius 2 is 1.57 bits per heavy atom. The van der Waals surface area contributed by atoms with Gasteiger partial charge in [0.05, 0.1) is 7.11 Å². The summed E-state index contributed by atoms with van der Waals surface area (Å²) in [5, 5.41) is 2.83. The molecule has 3 aromatic carbocycles. The van der Waals surface area contributed by atoms with E-state index in [2.05, 4.69) is 29.6 Å². The Bertz CT molecular complexity index is 1010. The van der Waals surface area contributed by atoms with Crippen molar-refractivity contribution in [3.8, 4) is 16.9 Å². The number of benzene rings is 3. The maximum atomic E-state index is 12.2. The molecule has 1 N–H and O–H groups in total. The van der Waals surface area contributed by atoms with E-state index in [0.29, 0.717) is 19.6 Å². The molecule has 0 unspecified atom stereocenters. The summed E-state index contributed by atoms with van der Waals surface area (Å²) < 4.78 is 10.9. The standard InChI is InChI=1S/C26H25NO3/c1-29-25-16-7-2-10-19(25)11-8-9-17-27-26(28)30-18-24-22-14-5-3-12-20(22)21-13-4-6-15-23(21)24/h2-8,10-16,24H,9,17-18H2,1H3,(H,27,28). The van der Waals surface area contributed by atoms with Crippen LogP contribution in [0.1, 0.15) is 29.0 Å². The second-order valence-corrected chi connectivity index (χ2v) is 7.19. The van der Waals surface area contributed by atoms with E-state index in [0.717, 1.165) is 11.3 Å². The van der Waals surface area contributed by atoms with Gasteiger partial charge in [-0.05, 0) is 34.7 Å². The second kappa shape index (κ2) is 9.31. The van der Waals surface area contributed by atoms with Gasteiger partial charge in [0.2, 0.25) is 0 Å². The van der Waals surface area contributed by atoms with E-state index >= 15 is 0 Å². The smallest absolute Gasteiger partial charge is 0.407 e. The molecule has 1 aliphatic rings. The predicted octanol–water partition coefficient (Wildman–Crippen LogP) is 5.64. The van der Waals surface area contributed by atoms with E-state index < -0.39 is 0 Å². The summed E-state index contributed by atoms with van der Waals surface area (Å²) in [6.45, 7) is 0.846. The number of amides is 1. The van der Waals surface area contributed by atoms with Gasteiger partial charge < -0.3 is 14.8 Å². The van der Waals surface area contributed by atoms with Gasteiger partial charge in [-0.3, -0.25) is 0 Å². The Labute approximate surface area is 177 Å². The van der Waals surface area contributed by atoms with E-state index in [-0.39, 0.29) is 12.0 Å². The van der Waals surface area contributed by atoms with Crippen molar-refractivity contribution in [1.82, 2.24) is 5.32 Å². The third-order valence-corrected chi connectivity index (χ3v) is 5.36. The molecule has 0 bridgehead atoms. The summed E-state index contributed by atoms with van der Waals surface area (Å²) in [6, 6.07) is 24.5. The average molecular weight is 399 g/mol. The highest BCUT2D eigenvalue weighted by molar-refractivity contribution is 5.79. The number of rotatable bonds is 7. The summed E-state index contributed by atoms with van der Waals surface area (Å²) >= 11 is 0. The highest BCUT2D eigenvalue weighted by atomic mass is 16.5. The van der Waals surface area contributed by atoms with Crippen molar-refractivity contribution >= 4 is 12.2 Å². The quantitative estimate of drug-likeness (QED) is 0.523. The third kappa shape index (κ3) is 4.23. The fourth-order valence-corrected chi connectivity index (χ4v) is 3.92. The van der Waals surface area contributed by atoms with Crippen LogP contribution >= 0.6 is 0 Å². The Kier molecular flexibility index (Phi) is 6.14. The molecule has 1 aliphatic carbocycles. The number of ether oxygens (including phenoxy) is 2. The Hall–Kier alpha value is -3.53.